The van der Waals surface area contributed by atoms with Crippen LogP contribution in [-0.2, 0) is 20.8 Å². The molecule has 0 radical (unpaired) electrons. The van der Waals surface area contributed by atoms with Crippen molar-refractivity contribution in [3.8, 4) is 0 Å². The number of hydrogen-bond donors (Lipinski definition) is 0. The molecule has 1 atom stereocenters. The normalized spacial score (nSPS) is 19.9. The number of nitrogens with zero attached hydrogens (tertiary/aromatic N) is 1. The molecule has 0 spiro atoms. The quantitative estimate of drug-likeness (QED) is 0.790. The average Bonchev–Trinajstić information content (AvgIpc) is 2.43. The maximum Gasteiger partial charge on any atom is 0.308 e. The Balaban J connectivity index is 1.92. The fourth-order valence-corrected chi connectivity index (χ4v) is 2.48. The minimum absolute atomic E-state index is 0.0530. The Morgan fingerprint density at radius 2 is 2.20 bits per heavy atom. The van der Waals surface area contributed by atoms with Gasteiger partial charge in [-0.15, -0.1) is 0 Å². The van der Waals surface area contributed by atoms with Crippen molar-refractivity contribution in [2.75, 3.05) is 26.8 Å². The smallest absolute Gasteiger partial charge is 0.308 e. The lowest BCUT2D eigenvalue weighted by atomic mass is 10.1. The van der Waals surface area contributed by atoms with Gasteiger partial charge >= 0.3 is 5.97 Å². The number of hydrogen-bond acceptors (Lipinski definition) is 4. The first-order chi connectivity index (χ1) is 9.58. The highest BCUT2D eigenvalue weighted by atomic mass is 16.5. The molecule has 0 N–H and O–H groups in total. The van der Waals surface area contributed by atoms with Crippen LogP contribution in [0.3, 0.4) is 0 Å². The maximum atomic E-state index is 11.3. The Bertz CT molecular complexity index is 473. The van der Waals surface area contributed by atoms with Gasteiger partial charge in [-0.3, -0.25) is 9.69 Å². The minimum Gasteiger partial charge on any atom is -0.469 e. The fourth-order valence-electron chi connectivity index (χ4n) is 2.48. The molecule has 0 saturated carbocycles. The number of benzene rings is 1. The zero-order valence-corrected chi connectivity index (χ0v) is 12.5. The molecule has 1 saturated heterocycles. The zero-order valence-electron chi connectivity index (χ0n) is 12.5. The molecular formula is C16H23NO3. The second-order valence-corrected chi connectivity index (χ2v) is 5.43. The number of rotatable bonds is 4. The maximum absolute atomic E-state index is 11.3. The van der Waals surface area contributed by atoms with E-state index in [9.17, 15) is 4.79 Å². The predicted molar refractivity (Wildman–Crippen MR) is 77.6 cm³/mol. The van der Waals surface area contributed by atoms with Gasteiger partial charge in [-0.2, -0.15) is 0 Å². The molecule has 0 bridgehead atoms. The van der Waals surface area contributed by atoms with E-state index in [1.54, 1.807) is 0 Å². The fraction of sp³-hybridized carbons (Fsp3) is 0.562. The van der Waals surface area contributed by atoms with Gasteiger partial charge in [-0.05, 0) is 30.5 Å². The lowest BCUT2D eigenvalue weighted by Gasteiger charge is -2.32. The van der Waals surface area contributed by atoms with Crippen molar-refractivity contribution in [2.24, 2.45) is 0 Å². The van der Waals surface area contributed by atoms with E-state index in [-0.39, 0.29) is 12.1 Å². The molecule has 110 valence electrons. The summed E-state index contributed by atoms with van der Waals surface area (Å²) in [6, 6.07) is 6.57. The van der Waals surface area contributed by atoms with Crippen LogP contribution in [0.5, 0.6) is 0 Å². The number of carbonyl (C=O) groups is 1. The van der Waals surface area contributed by atoms with E-state index < -0.39 is 0 Å². The topological polar surface area (TPSA) is 38.8 Å². The summed E-state index contributed by atoms with van der Waals surface area (Å²) in [6.07, 6.45) is 0.280. The van der Waals surface area contributed by atoms with Crippen LogP contribution in [0, 0.1) is 13.8 Å². The molecule has 2 rings (SSSR count). The van der Waals surface area contributed by atoms with E-state index in [2.05, 4.69) is 36.9 Å². The van der Waals surface area contributed by atoms with Crippen LogP contribution >= 0.6 is 0 Å². The number of esters is 1. The van der Waals surface area contributed by atoms with Gasteiger partial charge in [0.25, 0.3) is 0 Å². The highest BCUT2D eigenvalue weighted by molar-refractivity contribution is 5.69. The van der Waals surface area contributed by atoms with Gasteiger partial charge in [0.1, 0.15) is 0 Å². The molecule has 1 unspecified atom stereocenters. The largest absolute Gasteiger partial charge is 0.469 e. The lowest BCUT2D eigenvalue weighted by Crippen LogP contribution is -2.42. The third-order valence-corrected chi connectivity index (χ3v) is 3.82. The molecular weight excluding hydrogens is 254 g/mol. The Labute approximate surface area is 120 Å². The van der Waals surface area contributed by atoms with E-state index >= 15 is 0 Å². The van der Waals surface area contributed by atoms with Crippen molar-refractivity contribution in [1.82, 2.24) is 4.90 Å². The second kappa shape index (κ2) is 6.86. The van der Waals surface area contributed by atoms with Crippen LogP contribution in [0.1, 0.15) is 23.1 Å². The van der Waals surface area contributed by atoms with Crippen molar-refractivity contribution < 1.29 is 14.3 Å². The predicted octanol–water partition coefficient (Wildman–Crippen LogP) is 2.07. The molecule has 20 heavy (non-hydrogen) atoms. The van der Waals surface area contributed by atoms with Gasteiger partial charge in [-0.1, -0.05) is 18.2 Å². The van der Waals surface area contributed by atoms with Crippen LogP contribution < -0.4 is 0 Å². The van der Waals surface area contributed by atoms with Crippen molar-refractivity contribution in [3.05, 3.63) is 34.9 Å². The Hall–Kier alpha value is -1.39. The minimum atomic E-state index is -0.206. The van der Waals surface area contributed by atoms with Crippen LogP contribution in [0.15, 0.2) is 18.2 Å². The van der Waals surface area contributed by atoms with Crippen molar-refractivity contribution >= 4 is 5.97 Å². The first-order valence-corrected chi connectivity index (χ1v) is 7.05. The van der Waals surface area contributed by atoms with E-state index in [4.69, 9.17) is 9.47 Å². The third kappa shape index (κ3) is 4.05. The molecule has 1 fully saturated rings. The molecule has 0 aromatic heterocycles. The van der Waals surface area contributed by atoms with Crippen LogP contribution in [0.4, 0.5) is 0 Å². The third-order valence-electron chi connectivity index (χ3n) is 3.82. The molecule has 4 heteroatoms. The monoisotopic (exact) mass is 277 g/mol. The Kier molecular flexibility index (Phi) is 5.15. The van der Waals surface area contributed by atoms with E-state index in [1.807, 2.05) is 0 Å². The number of methoxy groups -OCH3 is 1. The van der Waals surface area contributed by atoms with Gasteiger partial charge in [0.05, 0.1) is 26.2 Å². The molecule has 1 heterocycles. The Morgan fingerprint density at radius 1 is 1.40 bits per heavy atom. The Morgan fingerprint density at radius 3 is 2.90 bits per heavy atom. The number of morpholine rings is 1. The summed E-state index contributed by atoms with van der Waals surface area (Å²) in [4.78, 5) is 13.6. The molecule has 1 aromatic carbocycles. The van der Waals surface area contributed by atoms with Gasteiger partial charge in [-0.25, -0.2) is 0 Å². The number of carbonyl (C=O) groups excluding carboxylic acids is 1. The second-order valence-electron chi connectivity index (χ2n) is 5.43. The number of ether oxygens (including phenoxy) is 2. The summed E-state index contributed by atoms with van der Waals surface area (Å²) >= 11 is 0. The standard InChI is InChI=1S/C16H23NO3/c1-12-4-5-14(8-13(12)2)10-17-6-7-20-15(11-17)9-16(18)19-3/h4-5,8,15H,6-7,9-11H2,1-3H3. The van der Waals surface area contributed by atoms with Gasteiger partial charge < -0.3 is 9.47 Å². The van der Waals surface area contributed by atoms with Crippen LogP contribution in [-0.4, -0.2) is 43.8 Å². The lowest BCUT2D eigenvalue weighted by molar-refractivity contribution is -0.145. The van der Waals surface area contributed by atoms with Crippen molar-refractivity contribution in [3.63, 3.8) is 0 Å². The SMILES string of the molecule is COC(=O)CC1CN(Cc2ccc(C)c(C)c2)CCO1. The average molecular weight is 277 g/mol. The summed E-state index contributed by atoms with van der Waals surface area (Å²) in [5.74, 6) is -0.206. The summed E-state index contributed by atoms with van der Waals surface area (Å²) in [7, 11) is 1.41. The van der Waals surface area contributed by atoms with Crippen LogP contribution in [0.25, 0.3) is 0 Å². The summed E-state index contributed by atoms with van der Waals surface area (Å²) in [5.41, 5.74) is 3.95. The summed E-state index contributed by atoms with van der Waals surface area (Å²) < 4.78 is 10.3. The van der Waals surface area contributed by atoms with Crippen LogP contribution in [0.2, 0.25) is 0 Å². The summed E-state index contributed by atoms with van der Waals surface area (Å²) in [5, 5.41) is 0. The molecule has 1 aliphatic heterocycles. The van der Waals surface area contributed by atoms with Crippen molar-refractivity contribution in [1.29, 1.82) is 0 Å². The van der Waals surface area contributed by atoms with Gasteiger partial charge in [0.15, 0.2) is 0 Å². The first kappa shape index (κ1) is 15.0. The molecule has 0 amide bonds. The number of aryl methyl sites for hydroxylation is 2. The first-order valence-electron chi connectivity index (χ1n) is 7.05. The van der Waals surface area contributed by atoms with E-state index in [0.717, 1.165) is 19.6 Å². The van der Waals surface area contributed by atoms with Gasteiger partial charge in [0, 0.05) is 19.6 Å². The molecule has 1 aromatic rings. The highest BCUT2D eigenvalue weighted by Crippen LogP contribution is 2.15. The molecule has 1 aliphatic rings. The summed E-state index contributed by atoms with van der Waals surface area (Å²) in [6.45, 7) is 7.53. The van der Waals surface area contributed by atoms with Gasteiger partial charge in [0.2, 0.25) is 0 Å². The van der Waals surface area contributed by atoms with E-state index in [1.165, 1.54) is 23.8 Å². The highest BCUT2D eigenvalue weighted by Gasteiger charge is 2.23. The van der Waals surface area contributed by atoms with E-state index in [0.29, 0.717) is 13.0 Å². The molecule has 0 aliphatic carbocycles. The van der Waals surface area contributed by atoms with Crippen molar-refractivity contribution in [2.45, 2.75) is 32.9 Å². The zero-order chi connectivity index (χ0) is 14.5. The molecule has 4 nitrogen and oxygen atoms in total.